The van der Waals surface area contributed by atoms with Crippen LogP contribution in [-0.4, -0.2) is 49.3 Å². The lowest BCUT2D eigenvalue weighted by atomic mass is 9.96. The van der Waals surface area contributed by atoms with Crippen LogP contribution in [0.3, 0.4) is 0 Å². The summed E-state index contributed by atoms with van der Waals surface area (Å²) in [5, 5.41) is 14.8. The van der Waals surface area contributed by atoms with Crippen LogP contribution in [0.4, 0.5) is 11.4 Å². The van der Waals surface area contributed by atoms with Gasteiger partial charge in [0, 0.05) is 41.6 Å². The standard InChI is InChI=1S/C25H26N8O2S/c1-16-12-20(17(2)33(16)31-14-27-28-15-31)24-23(21-6-4-5-11-26-21)30-25(36)32(24)19-9-7-18(8-10-19)29-22(34)13-35-3/h4-12,14-15,23-24H,13H2,1-3H3,(H,29,34)(H,30,36). The van der Waals surface area contributed by atoms with E-state index < -0.39 is 0 Å². The van der Waals surface area contributed by atoms with Gasteiger partial charge in [0.2, 0.25) is 5.91 Å². The van der Waals surface area contributed by atoms with E-state index in [1.165, 1.54) is 7.11 Å². The quantitative estimate of drug-likeness (QED) is 0.372. The largest absolute Gasteiger partial charge is 0.375 e. The molecule has 3 aromatic heterocycles. The van der Waals surface area contributed by atoms with Gasteiger partial charge in [0.05, 0.1) is 17.8 Å². The molecule has 2 unspecified atom stereocenters. The van der Waals surface area contributed by atoms with E-state index in [9.17, 15) is 4.79 Å². The van der Waals surface area contributed by atoms with Crippen molar-refractivity contribution in [2.45, 2.75) is 25.9 Å². The van der Waals surface area contributed by atoms with Crippen molar-refractivity contribution in [3.63, 3.8) is 0 Å². The molecule has 184 valence electrons. The molecule has 1 aliphatic heterocycles. The number of hydrogen-bond donors (Lipinski definition) is 2. The maximum absolute atomic E-state index is 11.9. The second-order valence-corrected chi connectivity index (χ2v) is 8.89. The zero-order valence-electron chi connectivity index (χ0n) is 20.1. The molecule has 4 aromatic rings. The number of benzene rings is 1. The molecule has 36 heavy (non-hydrogen) atoms. The highest BCUT2D eigenvalue weighted by Crippen LogP contribution is 2.43. The predicted octanol–water partition coefficient (Wildman–Crippen LogP) is 3.16. The Bertz CT molecular complexity index is 1370. The summed E-state index contributed by atoms with van der Waals surface area (Å²) < 4.78 is 8.82. The highest BCUT2D eigenvalue weighted by Gasteiger charge is 2.42. The van der Waals surface area contributed by atoms with E-state index in [1.54, 1.807) is 18.9 Å². The lowest BCUT2D eigenvalue weighted by Gasteiger charge is -2.28. The topological polar surface area (TPSA) is 102 Å². The number of rotatable bonds is 7. The fourth-order valence-corrected chi connectivity index (χ4v) is 5.06. The first-order valence-electron chi connectivity index (χ1n) is 11.4. The third-order valence-corrected chi connectivity index (χ3v) is 6.51. The molecular formula is C25H26N8O2S. The molecule has 10 nitrogen and oxygen atoms in total. The molecule has 1 saturated heterocycles. The van der Waals surface area contributed by atoms with Crippen LogP contribution >= 0.6 is 12.2 Å². The van der Waals surface area contributed by atoms with Gasteiger partial charge in [-0.25, -0.2) is 4.68 Å². The number of methoxy groups -OCH3 is 1. The van der Waals surface area contributed by atoms with Crippen molar-refractivity contribution in [2.24, 2.45) is 0 Å². The second kappa shape index (κ2) is 9.88. The van der Waals surface area contributed by atoms with E-state index in [1.807, 2.05) is 47.1 Å². The summed E-state index contributed by atoms with van der Waals surface area (Å²) in [5.41, 5.74) is 5.65. The van der Waals surface area contributed by atoms with Gasteiger partial charge in [-0.3, -0.25) is 14.5 Å². The molecule has 1 aromatic carbocycles. The number of anilines is 2. The molecule has 2 atom stereocenters. The summed E-state index contributed by atoms with van der Waals surface area (Å²) in [6, 6.07) is 15.3. The minimum Gasteiger partial charge on any atom is -0.375 e. The molecule has 0 spiro atoms. The molecule has 1 amide bonds. The number of carbonyl (C=O) groups excluding carboxylic acids is 1. The van der Waals surface area contributed by atoms with E-state index in [0.29, 0.717) is 10.8 Å². The van der Waals surface area contributed by atoms with Crippen LogP contribution < -0.4 is 15.5 Å². The average molecular weight is 503 g/mol. The minimum atomic E-state index is -0.210. The van der Waals surface area contributed by atoms with Crippen LogP contribution in [-0.2, 0) is 9.53 Å². The molecule has 11 heteroatoms. The zero-order chi connectivity index (χ0) is 25.2. The Balaban J connectivity index is 1.57. The highest BCUT2D eigenvalue weighted by molar-refractivity contribution is 7.80. The number of thiocarbonyl (C=S) groups is 1. The molecule has 4 heterocycles. The van der Waals surface area contributed by atoms with E-state index in [-0.39, 0.29) is 24.6 Å². The SMILES string of the molecule is COCC(=O)Nc1ccc(N2C(=S)NC(c3ccccn3)C2c2cc(C)n(-n3cnnc3)c2C)cc1. The molecule has 1 aliphatic rings. The van der Waals surface area contributed by atoms with Gasteiger partial charge in [-0.05, 0) is 68.5 Å². The number of nitrogens with one attached hydrogen (secondary N) is 2. The number of aromatic nitrogens is 5. The molecule has 0 aliphatic carbocycles. The molecule has 2 N–H and O–H groups in total. The third-order valence-electron chi connectivity index (χ3n) is 6.19. The summed E-state index contributed by atoms with van der Waals surface area (Å²) in [6.45, 7) is 4.12. The van der Waals surface area contributed by atoms with Gasteiger partial charge < -0.3 is 20.3 Å². The fraction of sp³-hybridized carbons (Fsp3) is 0.240. The Morgan fingerprint density at radius 1 is 1.14 bits per heavy atom. The van der Waals surface area contributed by atoms with Crippen molar-refractivity contribution in [3.05, 3.63) is 90.0 Å². The van der Waals surface area contributed by atoms with Crippen LogP contribution in [0, 0.1) is 13.8 Å². The minimum absolute atomic E-state index is 0.00222. The number of nitrogens with zero attached hydrogens (tertiary/aromatic N) is 6. The van der Waals surface area contributed by atoms with Gasteiger partial charge in [-0.15, -0.1) is 10.2 Å². The maximum atomic E-state index is 11.9. The van der Waals surface area contributed by atoms with Gasteiger partial charge in [-0.2, -0.15) is 0 Å². The van der Waals surface area contributed by atoms with Gasteiger partial charge in [-0.1, -0.05) is 6.07 Å². The van der Waals surface area contributed by atoms with Crippen LogP contribution in [0.1, 0.15) is 34.7 Å². The first kappa shape index (κ1) is 23.6. The Labute approximate surface area is 213 Å². The molecule has 0 saturated carbocycles. The lowest BCUT2D eigenvalue weighted by Crippen LogP contribution is -2.29. The predicted molar refractivity (Wildman–Crippen MR) is 140 cm³/mol. The smallest absolute Gasteiger partial charge is 0.250 e. The summed E-state index contributed by atoms with van der Waals surface area (Å²) in [4.78, 5) is 18.7. The number of hydrogen-bond acceptors (Lipinski definition) is 6. The second-order valence-electron chi connectivity index (χ2n) is 8.50. The van der Waals surface area contributed by atoms with Gasteiger partial charge in [0.15, 0.2) is 5.11 Å². The van der Waals surface area contributed by atoms with Gasteiger partial charge in [0.1, 0.15) is 19.3 Å². The summed E-state index contributed by atoms with van der Waals surface area (Å²) in [6.07, 6.45) is 5.13. The zero-order valence-corrected chi connectivity index (χ0v) is 20.9. The lowest BCUT2D eigenvalue weighted by molar-refractivity contribution is -0.119. The van der Waals surface area contributed by atoms with Gasteiger partial charge in [0.25, 0.3) is 0 Å². The van der Waals surface area contributed by atoms with Crippen molar-refractivity contribution >= 4 is 34.6 Å². The normalized spacial score (nSPS) is 17.3. The number of pyridine rings is 1. The van der Waals surface area contributed by atoms with Crippen molar-refractivity contribution < 1.29 is 9.53 Å². The van der Waals surface area contributed by atoms with Crippen molar-refractivity contribution in [2.75, 3.05) is 23.9 Å². The highest BCUT2D eigenvalue weighted by atomic mass is 32.1. The first-order chi connectivity index (χ1) is 17.5. The monoisotopic (exact) mass is 502 g/mol. The number of ether oxygens (including phenoxy) is 1. The molecular weight excluding hydrogens is 476 g/mol. The Morgan fingerprint density at radius 2 is 1.89 bits per heavy atom. The van der Waals surface area contributed by atoms with Crippen LogP contribution in [0.5, 0.6) is 0 Å². The Kier molecular flexibility index (Phi) is 6.49. The van der Waals surface area contributed by atoms with Crippen LogP contribution in [0.15, 0.2) is 67.4 Å². The summed E-state index contributed by atoms with van der Waals surface area (Å²) >= 11 is 5.85. The number of amides is 1. The van der Waals surface area contributed by atoms with E-state index in [0.717, 1.165) is 28.3 Å². The summed E-state index contributed by atoms with van der Waals surface area (Å²) in [7, 11) is 1.49. The van der Waals surface area contributed by atoms with E-state index in [2.05, 4.69) is 55.3 Å². The van der Waals surface area contributed by atoms with Crippen LogP contribution in [0.2, 0.25) is 0 Å². The van der Waals surface area contributed by atoms with Gasteiger partial charge >= 0.3 is 0 Å². The molecule has 0 bridgehead atoms. The maximum Gasteiger partial charge on any atom is 0.250 e. The Morgan fingerprint density at radius 3 is 2.56 bits per heavy atom. The number of carbonyl (C=O) groups is 1. The summed E-state index contributed by atoms with van der Waals surface area (Å²) in [5.74, 6) is -0.210. The van der Waals surface area contributed by atoms with Crippen LogP contribution in [0.25, 0.3) is 0 Å². The molecule has 1 fully saturated rings. The first-order valence-corrected chi connectivity index (χ1v) is 11.8. The van der Waals surface area contributed by atoms with E-state index >= 15 is 0 Å². The van der Waals surface area contributed by atoms with E-state index in [4.69, 9.17) is 17.0 Å². The molecule has 5 rings (SSSR count). The number of aryl methyl sites for hydroxylation is 1. The Hall–Kier alpha value is -4.09. The van der Waals surface area contributed by atoms with Crippen molar-refractivity contribution in [1.29, 1.82) is 0 Å². The average Bonchev–Trinajstić information content (AvgIpc) is 3.58. The third kappa shape index (κ3) is 4.34. The fourth-order valence-electron chi connectivity index (χ4n) is 4.71. The van der Waals surface area contributed by atoms with Crippen molar-refractivity contribution in [3.8, 4) is 0 Å². The molecule has 0 radical (unpaired) electrons. The van der Waals surface area contributed by atoms with Crippen molar-refractivity contribution in [1.82, 2.24) is 29.9 Å².